The zero-order chi connectivity index (χ0) is 33.3. The van der Waals surface area contributed by atoms with E-state index >= 15 is 0 Å². The Labute approximate surface area is 273 Å². The Bertz CT molecular complexity index is 2710. The van der Waals surface area contributed by atoms with Gasteiger partial charge < -0.3 is 9.13 Å². The molecule has 8 rings (SSSR count). The molecule has 0 aliphatic carbocycles. The van der Waals surface area contributed by atoms with E-state index in [2.05, 4.69) is 10.9 Å². The van der Waals surface area contributed by atoms with Crippen LogP contribution < -0.4 is 0 Å². The number of para-hydroxylation sites is 2. The summed E-state index contributed by atoms with van der Waals surface area (Å²) >= 11 is 0. The fraction of sp³-hybridized carbons (Fsp3) is 0.0732. The molecule has 0 N–H and O–H groups in total. The quantitative estimate of drug-likeness (QED) is 0.179. The molecule has 0 saturated heterocycles. The molecule has 0 aliphatic rings. The smallest absolute Gasteiger partial charge is 0.309 e. The maximum Gasteiger partial charge on any atom is 0.415 e. The van der Waals surface area contributed by atoms with E-state index < -0.39 is 11.7 Å². The summed E-state index contributed by atoms with van der Waals surface area (Å²) in [5.41, 5.74) is 5.20. The first-order chi connectivity index (χ1) is 23.2. The molecule has 8 aromatic rings. The van der Waals surface area contributed by atoms with Gasteiger partial charge in [-0.1, -0.05) is 78.9 Å². The average Bonchev–Trinajstić information content (AvgIpc) is 3.58. The lowest BCUT2D eigenvalue weighted by Crippen LogP contribution is -2.10. The van der Waals surface area contributed by atoms with Crippen LogP contribution in [0.15, 0.2) is 115 Å². The molecular weight excluding hydrogens is 605 g/mol. The van der Waals surface area contributed by atoms with Crippen LogP contribution in [-0.2, 0) is 6.18 Å². The monoisotopic (exact) mass is 630 g/mol. The second kappa shape index (κ2) is 10.6. The first kappa shape index (κ1) is 29.1. The lowest BCUT2D eigenvalue weighted by Gasteiger charge is -2.22. The molecule has 230 valence electrons. The molecule has 0 fully saturated rings. The number of aromatic nitrogens is 2. The van der Waals surface area contributed by atoms with E-state index in [4.69, 9.17) is 6.57 Å². The van der Waals surface area contributed by atoms with Crippen molar-refractivity contribution in [3.63, 3.8) is 0 Å². The van der Waals surface area contributed by atoms with Gasteiger partial charge in [-0.3, -0.25) is 0 Å². The van der Waals surface area contributed by atoms with Gasteiger partial charge in [-0.15, -0.1) is 0 Å². The number of benzene rings is 6. The Morgan fingerprint density at radius 1 is 0.625 bits per heavy atom. The summed E-state index contributed by atoms with van der Waals surface area (Å²) in [4.78, 5) is 3.60. The van der Waals surface area contributed by atoms with E-state index in [1.807, 2.05) is 108 Å². The van der Waals surface area contributed by atoms with E-state index in [9.17, 15) is 18.4 Å². The molecule has 6 aromatic carbocycles. The van der Waals surface area contributed by atoms with Gasteiger partial charge in [-0.05, 0) is 66.9 Å². The highest BCUT2D eigenvalue weighted by Gasteiger charge is 2.36. The van der Waals surface area contributed by atoms with Crippen LogP contribution in [-0.4, -0.2) is 9.13 Å². The molecule has 48 heavy (non-hydrogen) atoms. The third-order valence-electron chi connectivity index (χ3n) is 9.11. The Hall–Kier alpha value is -6.31. The van der Waals surface area contributed by atoms with E-state index in [0.717, 1.165) is 60.8 Å². The Morgan fingerprint density at radius 2 is 1.17 bits per heavy atom. The predicted molar refractivity (Wildman–Crippen MR) is 186 cm³/mol. The van der Waals surface area contributed by atoms with Crippen LogP contribution in [0.25, 0.3) is 71.0 Å². The van der Waals surface area contributed by atoms with Gasteiger partial charge in [0.05, 0.1) is 51.1 Å². The summed E-state index contributed by atoms with van der Waals surface area (Å²) in [7, 11) is 0. The van der Waals surface area contributed by atoms with Gasteiger partial charge in [0.15, 0.2) is 5.69 Å². The van der Waals surface area contributed by atoms with E-state index in [1.54, 1.807) is 12.1 Å². The first-order valence-electron chi connectivity index (χ1n) is 15.4. The van der Waals surface area contributed by atoms with E-state index in [-0.39, 0.29) is 22.4 Å². The summed E-state index contributed by atoms with van der Waals surface area (Å²) in [6.45, 7) is 11.9. The van der Waals surface area contributed by atoms with Crippen LogP contribution in [0, 0.1) is 31.8 Å². The third kappa shape index (κ3) is 4.29. The molecule has 0 saturated carbocycles. The number of halogens is 3. The molecule has 0 aliphatic heterocycles. The molecule has 0 amide bonds. The number of alkyl halides is 3. The lowest BCUT2D eigenvalue weighted by atomic mass is 9.93. The minimum atomic E-state index is -4.75. The lowest BCUT2D eigenvalue weighted by molar-refractivity contribution is -0.137. The van der Waals surface area contributed by atoms with Crippen LogP contribution in [0.2, 0.25) is 0 Å². The third-order valence-corrected chi connectivity index (χ3v) is 9.11. The normalized spacial score (nSPS) is 11.8. The van der Waals surface area contributed by atoms with Gasteiger partial charge >= 0.3 is 6.18 Å². The van der Waals surface area contributed by atoms with E-state index in [0.29, 0.717) is 11.4 Å². The number of rotatable bonds is 3. The molecule has 7 heteroatoms. The molecule has 0 atom stereocenters. The Balaban J connectivity index is 1.60. The number of aryl methyl sites for hydroxylation is 2. The van der Waals surface area contributed by atoms with Crippen LogP contribution in [0.1, 0.15) is 22.3 Å². The highest BCUT2D eigenvalue weighted by Crippen LogP contribution is 2.47. The Kier molecular flexibility index (Phi) is 6.44. The van der Waals surface area contributed by atoms with Crippen LogP contribution in [0.4, 0.5) is 18.9 Å². The van der Waals surface area contributed by atoms with Crippen LogP contribution >= 0.6 is 0 Å². The minimum absolute atomic E-state index is 0.128. The topological polar surface area (TPSA) is 38.0 Å². The van der Waals surface area contributed by atoms with Crippen molar-refractivity contribution in [1.82, 2.24) is 9.13 Å². The predicted octanol–water partition coefficient (Wildman–Crippen LogP) is 11.6. The van der Waals surface area contributed by atoms with Gasteiger partial charge in [-0.25, -0.2) is 4.85 Å². The molecule has 4 nitrogen and oxygen atoms in total. The van der Waals surface area contributed by atoms with Crippen LogP contribution in [0.5, 0.6) is 0 Å². The van der Waals surface area contributed by atoms with Crippen molar-refractivity contribution in [2.75, 3.05) is 0 Å². The number of hydrogen-bond acceptors (Lipinski definition) is 1. The maximum absolute atomic E-state index is 14.9. The van der Waals surface area contributed by atoms with Gasteiger partial charge in [0.2, 0.25) is 0 Å². The minimum Gasteiger partial charge on any atom is -0.309 e. The SMILES string of the molecule is [C-]#[N+]c1cccc(C(F)(F)F)c1-c1cc(-n2c3ccccc3c3ccc(C)cc32)c(C#N)cc1-n1c2ccccc2c2ccc(C)cc21. The highest BCUT2D eigenvalue weighted by molar-refractivity contribution is 6.11. The fourth-order valence-corrected chi connectivity index (χ4v) is 7.07. The van der Waals surface area contributed by atoms with Crippen LogP contribution in [0.3, 0.4) is 0 Å². The summed E-state index contributed by atoms with van der Waals surface area (Å²) < 4.78 is 48.6. The number of fused-ring (bicyclic) bond motifs is 6. The summed E-state index contributed by atoms with van der Waals surface area (Å²) in [6.07, 6.45) is -4.75. The number of nitrogens with zero attached hydrogens (tertiary/aromatic N) is 4. The first-order valence-corrected chi connectivity index (χ1v) is 15.4. The van der Waals surface area contributed by atoms with Gasteiger partial charge in [0.25, 0.3) is 0 Å². The number of nitriles is 1. The zero-order valence-electron chi connectivity index (χ0n) is 25.9. The van der Waals surface area contributed by atoms with Crippen molar-refractivity contribution in [2.45, 2.75) is 20.0 Å². The summed E-state index contributed by atoms with van der Waals surface area (Å²) in [6, 6.07) is 37.0. The summed E-state index contributed by atoms with van der Waals surface area (Å²) in [5.74, 6) is 0. The summed E-state index contributed by atoms with van der Waals surface area (Å²) in [5, 5.41) is 14.5. The standard InChI is InChI=1S/C41H25F3N4/c1-24-15-17-29-27-9-4-6-13-34(27)47(37(29)19-24)36-22-31(40-32(41(42,43)44)11-8-12-33(40)46-3)39(21-26(36)23-45)48-35-14-7-5-10-28(35)30-18-16-25(2)20-38(30)48/h4-22H,1-2H3. The molecule has 2 aromatic heterocycles. The Morgan fingerprint density at radius 3 is 1.71 bits per heavy atom. The van der Waals surface area contributed by atoms with Crippen molar-refractivity contribution < 1.29 is 13.2 Å². The maximum atomic E-state index is 14.9. The van der Waals surface area contributed by atoms with Crippen molar-refractivity contribution in [3.05, 3.63) is 149 Å². The highest BCUT2D eigenvalue weighted by atomic mass is 19.4. The van der Waals surface area contributed by atoms with Crippen molar-refractivity contribution >= 4 is 49.3 Å². The van der Waals surface area contributed by atoms with Crippen molar-refractivity contribution in [1.29, 1.82) is 5.26 Å². The van der Waals surface area contributed by atoms with E-state index in [1.165, 1.54) is 12.1 Å². The van der Waals surface area contributed by atoms with Gasteiger partial charge in [0.1, 0.15) is 6.07 Å². The molecule has 2 heterocycles. The molecular formula is C41H25F3N4. The van der Waals surface area contributed by atoms with Gasteiger partial charge in [-0.2, -0.15) is 18.4 Å². The molecule has 0 unspecified atom stereocenters. The zero-order valence-corrected chi connectivity index (χ0v) is 25.9. The largest absolute Gasteiger partial charge is 0.415 e. The molecule has 0 spiro atoms. The van der Waals surface area contributed by atoms with Gasteiger partial charge in [0, 0.05) is 27.1 Å². The second-order valence-electron chi connectivity index (χ2n) is 12.1. The molecule has 0 bridgehead atoms. The number of hydrogen-bond donors (Lipinski definition) is 0. The van der Waals surface area contributed by atoms with Crippen molar-refractivity contribution in [2.24, 2.45) is 0 Å². The van der Waals surface area contributed by atoms with Crippen molar-refractivity contribution in [3.8, 4) is 28.6 Å². The molecule has 0 radical (unpaired) electrons. The average molecular weight is 631 g/mol. The fourth-order valence-electron chi connectivity index (χ4n) is 7.07. The second-order valence-corrected chi connectivity index (χ2v) is 12.1.